The maximum Gasteiger partial charge on any atom is 0.137 e. The molecule has 0 saturated carbocycles. The van der Waals surface area contributed by atoms with Crippen molar-refractivity contribution in [2.24, 2.45) is 11.7 Å². The van der Waals surface area contributed by atoms with Crippen molar-refractivity contribution in [2.75, 3.05) is 24.5 Å². The molecule has 1 saturated heterocycles. The summed E-state index contributed by atoms with van der Waals surface area (Å²) in [6.45, 7) is 3.00. The Labute approximate surface area is 105 Å². The van der Waals surface area contributed by atoms with E-state index in [0.29, 0.717) is 5.92 Å². The van der Waals surface area contributed by atoms with Gasteiger partial charge in [0.15, 0.2) is 0 Å². The van der Waals surface area contributed by atoms with Crippen LogP contribution in [0.2, 0.25) is 0 Å². The lowest BCUT2D eigenvalue weighted by Crippen LogP contribution is -2.36. The molecule has 0 radical (unpaired) electrons. The number of hydrogen-bond acceptors (Lipinski definition) is 4. The van der Waals surface area contributed by atoms with Crippen LogP contribution in [-0.2, 0) is 0 Å². The largest absolute Gasteiger partial charge is 0.356 e. The Kier molecular flexibility index (Phi) is 2.99. The fourth-order valence-corrected chi connectivity index (χ4v) is 3.29. The molecule has 1 aliphatic rings. The summed E-state index contributed by atoms with van der Waals surface area (Å²) in [6, 6.07) is 4.27. The highest BCUT2D eigenvalue weighted by Gasteiger charge is 2.20. The van der Waals surface area contributed by atoms with E-state index < -0.39 is 0 Å². The molecule has 4 heteroatoms. The van der Waals surface area contributed by atoms with Gasteiger partial charge >= 0.3 is 0 Å². The maximum atomic E-state index is 5.73. The number of nitrogens with zero attached hydrogens (tertiary/aromatic N) is 2. The Bertz CT molecular complexity index is 500. The van der Waals surface area contributed by atoms with E-state index in [1.807, 2.05) is 6.20 Å². The third kappa shape index (κ3) is 2.03. The molecule has 0 bridgehead atoms. The summed E-state index contributed by atoms with van der Waals surface area (Å²) in [4.78, 5) is 6.96. The number of nitrogens with two attached hydrogens (primary N) is 1. The highest BCUT2D eigenvalue weighted by Crippen LogP contribution is 2.30. The lowest BCUT2D eigenvalue weighted by Gasteiger charge is -2.32. The first-order valence-electron chi connectivity index (χ1n) is 6.15. The summed E-state index contributed by atoms with van der Waals surface area (Å²) in [7, 11) is 0. The highest BCUT2D eigenvalue weighted by atomic mass is 32.1. The van der Waals surface area contributed by atoms with Crippen LogP contribution >= 0.6 is 11.3 Å². The third-order valence-electron chi connectivity index (χ3n) is 3.61. The molecule has 1 fully saturated rings. The van der Waals surface area contributed by atoms with Crippen LogP contribution in [0.25, 0.3) is 10.1 Å². The van der Waals surface area contributed by atoms with Crippen LogP contribution in [0.15, 0.2) is 23.7 Å². The average Bonchev–Trinajstić information content (AvgIpc) is 2.87. The molecule has 0 spiro atoms. The number of aromatic nitrogens is 1. The van der Waals surface area contributed by atoms with Gasteiger partial charge in [-0.1, -0.05) is 0 Å². The maximum absolute atomic E-state index is 5.73. The van der Waals surface area contributed by atoms with Crippen LogP contribution in [0.4, 0.5) is 5.82 Å². The van der Waals surface area contributed by atoms with Gasteiger partial charge in [0.25, 0.3) is 0 Å². The minimum atomic E-state index is 0.702. The number of thiophene rings is 1. The zero-order chi connectivity index (χ0) is 11.7. The quantitative estimate of drug-likeness (QED) is 0.886. The predicted molar refractivity (Wildman–Crippen MR) is 73.6 cm³/mol. The summed E-state index contributed by atoms with van der Waals surface area (Å²) in [5.41, 5.74) is 5.73. The summed E-state index contributed by atoms with van der Waals surface area (Å²) < 4.78 is 1.33. The van der Waals surface area contributed by atoms with E-state index in [1.165, 1.54) is 22.9 Å². The van der Waals surface area contributed by atoms with Crippen molar-refractivity contribution >= 4 is 27.2 Å². The second-order valence-corrected chi connectivity index (χ2v) is 5.58. The van der Waals surface area contributed by atoms with Gasteiger partial charge in [-0.05, 0) is 42.8 Å². The molecule has 90 valence electrons. The first-order valence-corrected chi connectivity index (χ1v) is 7.03. The summed E-state index contributed by atoms with van der Waals surface area (Å²) in [6.07, 6.45) is 4.31. The van der Waals surface area contributed by atoms with Crippen molar-refractivity contribution in [1.82, 2.24) is 4.98 Å². The van der Waals surface area contributed by atoms with Gasteiger partial charge in [-0.15, -0.1) is 11.3 Å². The van der Waals surface area contributed by atoms with E-state index in [9.17, 15) is 0 Å². The molecule has 0 aliphatic carbocycles. The van der Waals surface area contributed by atoms with Gasteiger partial charge in [-0.2, -0.15) is 0 Å². The minimum Gasteiger partial charge on any atom is -0.356 e. The van der Waals surface area contributed by atoms with Crippen molar-refractivity contribution in [1.29, 1.82) is 0 Å². The topological polar surface area (TPSA) is 42.1 Å². The molecule has 0 amide bonds. The van der Waals surface area contributed by atoms with Crippen molar-refractivity contribution in [3.63, 3.8) is 0 Å². The van der Waals surface area contributed by atoms with Gasteiger partial charge in [0.1, 0.15) is 5.82 Å². The molecule has 2 N–H and O–H groups in total. The second-order valence-electron chi connectivity index (χ2n) is 4.63. The molecule has 2 aromatic heterocycles. The number of pyridine rings is 1. The molecule has 2 aromatic rings. The summed E-state index contributed by atoms with van der Waals surface area (Å²) in [5.74, 6) is 1.85. The van der Waals surface area contributed by atoms with Crippen LogP contribution < -0.4 is 10.6 Å². The van der Waals surface area contributed by atoms with Gasteiger partial charge in [0, 0.05) is 29.4 Å². The van der Waals surface area contributed by atoms with Crippen molar-refractivity contribution in [3.8, 4) is 0 Å². The fraction of sp³-hybridized carbons (Fsp3) is 0.462. The molecular weight excluding hydrogens is 230 g/mol. The molecule has 0 atom stereocenters. The van der Waals surface area contributed by atoms with Gasteiger partial charge in [-0.3, -0.25) is 0 Å². The van der Waals surface area contributed by atoms with Gasteiger partial charge < -0.3 is 10.6 Å². The fourth-order valence-electron chi connectivity index (χ4n) is 2.51. The van der Waals surface area contributed by atoms with Crippen LogP contribution in [0.3, 0.4) is 0 Å². The molecule has 0 aromatic carbocycles. The number of piperidine rings is 1. The third-order valence-corrected chi connectivity index (χ3v) is 4.49. The van der Waals surface area contributed by atoms with Gasteiger partial charge in [0.2, 0.25) is 0 Å². The van der Waals surface area contributed by atoms with E-state index in [-0.39, 0.29) is 0 Å². The first kappa shape index (κ1) is 11.0. The normalized spacial score (nSPS) is 17.8. The monoisotopic (exact) mass is 247 g/mol. The summed E-state index contributed by atoms with van der Waals surface area (Å²) in [5, 5.41) is 3.44. The zero-order valence-electron chi connectivity index (χ0n) is 9.80. The van der Waals surface area contributed by atoms with E-state index in [0.717, 1.165) is 25.5 Å². The lowest BCUT2D eigenvalue weighted by molar-refractivity contribution is 0.413. The summed E-state index contributed by atoms with van der Waals surface area (Å²) >= 11 is 1.78. The average molecular weight is 247 g/mol. The number of rotatable bonds is 2. The predicted octanol–water partition coefficient (Wildman–Crippen LogP) is 2.47. The molecule has 17 heavy (non-hydrogen) atoms. The molecular formula is C13H17N3S. The number of fused-ring (bicyclic) bond motifs is 1. The van der Waals surface area contributed by atoms with E-state index in [1.54, 1.807) is 11.3 Å². The van der Waals surface area contributed by atoms with E-state index >= 15 is 0 Å². The molecule has 0 unspecified atom stereocenters. The van der Waals surface area contributed by atoms with Crippen molar-refractivity contribution in [2.45, 2.75) is 12.8 Å². The Hall–Kier alpha value is -1.13. The molecule has 3 nitrogen and oxygen atoms in total. The molecule has 3 heterocycles. The van der Waals surface area contributed by atoms with Crippen molar-refractivity contribution < 1.29 is 0 Å². The van der Waals surface area contributed by atoms with E-state index in [2.05, 4.69) is 27.4 Å². The minimum absolute atomic E-state index is 0.702. The molecule has 1 aliphatic heterocycles. The second kappa shape index (κ2) is 4.63. The van der Waals surface area contributed by atoms with Crippen LogP contribution in [0.1, 0.15) is 12.8 Å². The highest BCUT2D eigenvalue weighted by molar-refractivity contribution is 7.17. The molecule has 3 rings (SSSR count). The number of anilines is 1. The van der Waals surface area contributed by atoms with Crippen LogP contribution in [0, 0.1) is 5.92 Å². The Morgan fingerprint density at radius 3 is 2.94 bits per heavy atom. The SMILES string of the molecule is NCC1CCN(c2nccc3sccc23)CC1. The van der Waals surface area contributed by atoms with E-state index in [4.69, 9.17) is 5.73 Å². The standard InChI is InChI=1S/C13H17N3S/c14-9-10-2-6-16(7-3-10)13-11-4-8-17-12(11)1-5-15-13/h1,4-5,8,10H,2-3,6-7,9,14H2. The van der Waals surface area contributed by atoms with Crippen LogP contribution in [-0.4, -0.2) is 24.6 Å². The smallest absolute Gasteiger partial charge is 0.137 e. The zero-order valence-corrected chi connectivity index (χ0v) is 10.6. The Morgan fingerprint density at radius 2 is 2.18 bits per heavy atom. The lowest BCUT2D eigenvalue weighted by atomic mass is 9.97. The first-order chi connectivity index (χ1) is 8.38. The van der Waals surface area contributed by atoms with Crippen molar-refractivity contribution in [3.05, 3.63) is 23.7 Å². The van der Waals surface area contributed by atoms with Crippen LogP contribution in [0.5, 0.6) is 0 Å². The van der Waals surface area contributed by atoms with Gasteiger partial charge in [-0.25, -0.2) is 4.98 Å². The Balaban J connectivity index is 1.87. The number of hydrogen-bond donors (Lipinski definition) is 1. The Morgan fingerprint density at radius 1 is 1.35 bits per heavy atom. The van der Waals surface area contributed by atoms with Gasteiger partial charge in [0.05, 0.1) is 0 Å².